The van der Waals surface area contributed by atoms with E-state index in [2.05, 4.69) is 10.3 Å². The highest BCUT2D eigenvalue weighted by Gasteiger charge is 2.13. The minimum atomic E-state index is -0.348. The van der Waals surface area contributed by atoms with Crippen molar-refractivity contribution in [2.24, 2.45) is 0 Å². The molecule has 160 valence electrons. The molecule has 0 aliphatic heterocycles. The zero-order valence-electron chi connectivity index (χ0n) is 17.3. The number of anilines is 1. The van der Waals surface area contributed by atoms with Crippen molar-refractivity contribution < 1.29 is 13.6 Å². The maximum atomic E-state index is 13.3. The largest absolute Gasteiger partial charge is 0.309 e. The van der Waals surface area contributed by atoms with Crippen molar-refractivity contribution in [3.63, 3.8) is 0 Å². The lowest BCUT2D eigenvalue weighted by Crippen LogP contribution is -2.17. The van der Waals surface area contributed by atoms with Crippen LogP contribution in [0.25, 0.3) is 11.3 Å². The summed E-state index contributed by atoms with van der Waals surface area (Å²) < 4.78 is 26.4. The van der Waals surface area contributed by atoms with Crippen molar-refractivity contribution >= 4 is 11.7 Å². The van der Waals surface area contributed by atoms with Crippen molar-refractivity contribution in [3.05, 3.63) is 114 Å². The maximum absolute atomic E-state index is 13.3. The van der Waals surface area contributed by atoms with E-state index in [-0.39, 0.29) is 24.0 Å². The van der Waals surface area contributed by atoms with Gasteiger partial charge in [0.05, 0.1) is 24.0 Å². The van der Waals surface area contributed by atoms with Crippen LogP contribution in [0.3, 0.4) is 0 Å². The zero-order valence-corrected chi connectivity index (χ0v) is 17.3. The van der Waals surface area contributed by atoms with Gasteiger partial charge in [0.1, 0.15) is 11.6 Å². The molecule has 0 bridgehead atoms. The molecule has 3 aromatic carbocycles. The van der Waals surface area contributed by atoms with Gasteiger partial charge in [-0.25, -0.2) is 18.7 Å². The van der Waals surface area contributed by atoms with E-state index in [1.165, 1.54) is 24.3 Å². The number of aryl methyl sites for hydroxylation is 2. The number of amides is 1. The number of rotatable bonds is 7. The number of hydrogen-bond acceptors (Lipinski definition) is 3. The molecule has 0 saturated carbocycles. The molecule has 0 fully saturated rings. The third-order valence-corrected chi connectivity index (χ3v) is 5.01. The monoisotopic (exact) mass is 429 g/mol. The molecule has 6 heteroatoms. The second kappa shape index (κ2) is 9.92. The molecular formula is C26H21F2N3O. The highest BCUT2D eigenvalue weighted by Crippen LogP contribution is 2.21. The van der Waals surface area contributed by atoms with Gasteiger partial charge in [-0.15, -0.1) is 0 Å². The quantitative estimate of drug-likeness (QED) is 0.429. The molecule has 32 heavy (non-hydrogen) atoms. The molecule has 0 unspecified atom stereocenters. The third kappa shape index (κ3) is 5.60. The van der Waals surface area contributed by atoms with Crippen LogP contribution in [0.4, 0.5) is 14.6 Å². The Morgan fingerprint density at radius 1 is 0.781 bits per heavy atom. The number of halogens is 2. The summed E-state index contributed by atoms with van der Waals surface area (Å²) in [6, 6.07) is 21.8. The Morgan fingerprint density at radius 2 is 1.44 bits per heavy atom. The first kappa shape index (κ1) is 21.3. The Hall–Kier alpha value is -3.93. The van der Waals surface area contributed by atoms with Crippen LogP contribution in [-0.4, -0.2) is 15.9 Å². The van der Waals surface area contributed by atoms with Crippen LogP contribution in [0, 0.1) is 11.6 Å². The van der Waals surface area contributed by atoms with Gasteiger partial charge in [-0.1, -0.05) is 42.5 Å². The molecule has 0 saturated heterocycles. The number of carbonyl (C=O) groups is 1. The summed E-state index contributed by atoms with van der Waals surface area (Å²) in [6.07, 6.45) is 2.95. The zero-order chi connectivity index (χ0) is 22.3. The molecule has 1 aromatic heterocycles. The van der Waals surface area contributed by atoms with E-state index in [1.807, 2.05) is 30.3 Å². The molecule has 1 heterocycles. The normalized spacial score (nSPS) is 10.7. The standard InChI is InChI=1S/C26H21F2N3O/c27-21-11-6-19(7-12-21)16-25(32)31-26-23(15-8-18-4-2-1-3-5-18)30-24(17-29-26)20-9-13-22(28)14-10-20/h1-7,9-14,17H,8,15-16H2,(H,29,31,32). The van der Waals surface area contributed by atoms with E-state index in [9.17, 15) is 13.6 Å². The molecule has 4 aromatic rings. The average molecular weight is 429 g/mol. The van der Waals surface area contributed by atoms with Gasteiger partial charge in [0.25, 0.3) is 0 Å². The lowest BCUT2D eigenvalue weighted by atomic mass is 10.1. The SMILES string of the molecule is O=C(Cc1ccc(F)cc1)Nc1ncc(-c2ccc(F)cc2)nc1CCc1ccccc1. The van der Waals surface area contributed by atoms with Gasteiger partial charge in [-0.05, 0) is 60.4 Å². The fourth-order valence-electron chi connectivity index (χ4n) is 3.34. The van der Waals surface area contributed by atoms with E-state index in [0.29, 0.717) is 29.2 Å². The van der Waals surface area contributed by atoms with Crippen LogP contribution in [0.15, 0.2) is 85.1 Å². The van der Waals surface area contributed by atoms with Gasteiger partial charge >= 0.3 is 0 Å². The summed E-state index contributed by atoms with van der Waals surface area (Å²) in [5, 5.41) is 2.83. The number of benzene rings is 3. The first-order chi connectivity index (χ1) is 15.6. The molecule has 1 N–H and O–H groups in total. The molecule has 0 aliphatic carbocycles. The molecule has 1 amide bonds. The van der Waals surface area contributed by atoms with E-state index in [1.54, 1.807) is 30.5 Å². The number of nitrogens with one attached hydrogen (secondary N) is 1. The number of hydrogen-bond donors (Lipinski definition) is 1. The highest BCUT2D eigenvalue weighted by atomic mass is 19.1. The molecule has 0 aliphatic rings. The molecule has 4 rings (SSSR count). The van der Waals surface area contributed by atoms with Gasteiger partial charge in [-0.3, -0.25) is 4.79 Å². The van der Waals surface area contributed by atoms with Gasteiger partial charge < -0.3 is 5.32 Å². The molecule has 0 radical (unpaired) electrons. The Balaban J connectivity index is 1.56. The van der Waals surface area contributed by atoms with E-state index < -0.39 is 0 Å². The predicted octanol–water partition coefficient (Wildman–Crippen LogP) is 5.39. The van der Waals surface area contributed by atoms with Crippen LogP contribution in [0.2, 0.25) is 0 Å². The minimum Gasteiger partial charge on any atom is -0.309 e. The Kier molecular flexibility index (Phi) is 6.60. The Bertz CT molecular complexity index is 1190. The summed E-state index contributed by atoms with van der Waals surface area (Å²) >= 11 is 0. The molecule has 4 nitrogen and oxygen atoms in total. The fraction of sp³-hybridized carbons (Fsp3) is 0.115. The maximum Gasteiger partial charge on any atom is 0.229 e. The predicted molar refractivity (Wildman–Crippen MR) is 120 cm³/mol. The van der Waals surface area contributed by atoms with Crippen molar-refractivity contribution in [1.29, 1.82) is 0 Å². The van der Waals surface area contributed by atoms with Gasteiger partial charge in [-0.2, -0.15) is 0 Å². The highest BCUT2D eigenvalue weighted by molar-refractivity contribution is 5.92. The first-order valence-electron chi connectivity index (χ1n) is 10.3. The summed E-state index contributed by atoms with van der Waals surface area (Å²) in [4.78, 5) is 21.7. The Labute approximate surface area is 185 Å². The van der Waals surface area contributed by atoms with E-state index in [0.717, 1.165) is 17.5 Å². The second-order valence-electron chi connectivity index (χ2n) is 7.39. The molecular weight excluding hydrogens is 408 g/mol. The number of aromatic nitrogens is 2. The van der Waals surface area contributed by atoms with Crippen molar-refractivity contribution in [2.75, 3.05) is 5.32 Å². The molecule has 0 atom stereocenters. The summed E-state index contributed by atoms with van der Waals surface area (Å²) in [7, 11) is 0. The summed E-state index contributed by atoms with van der Waals surface area (Å²) in [5.41, 5.74) is 3.83. The van der Waals surface area contributed by atoms with Crippen LogP contribution in [0.1, 0.15) is 16.8 Å². The van der Waals surface area contributed by atoms with Crippen LogP contribution >= 0.6 is 0 Å². The van der Waals surface area contributed by atoms with Gasteiger partial charge in [0.2, 0.25) is 5.91 Å². The van der Waals surface area contributed by atoms with Crippen LogP contribution < -0.4 is 5.32 Å². The smallest absolute Gasteiger partial charge is 0.229 e. The summed E-state index contributed by atoms with van der Waals surface area (Å²) in [6.45, 7) is 0. The topological polar surface area (TPSA) is 54.9 Å². The van der Waals surface area contributed by atoms with E-state index >= 15 is 0 Å². The van der Waals surface area contributed by atoms with Crippen molar-refractivity contribution in [2.45, 2.75) is 19.3 Å². The summed E-state index contributed by atoms with van der Waals surface area (Å²) in [5.74, 6) is -0.546. The van der Waals surface area contributed by atoms with Gasteiger partial charge in [0.15, 0.2) is 5.82 Å². The lowest BCUT2D eigenvalue weighted by molar-refractivity contribution is -0.115. The average Bonchev–Trinajstić information content (AvgIpc) is 2.81. The fourth-order valence-corrected chi connectivity index (χ4v) is 3.34. The first-order valence-corrected chi connectivity index (χ1v) is 10.3. The third-order valence-electron chi connectivity index (χ3n) is 5.01. The van der Waals surface area contributed by atoms with Crippen molar-refractivity contribution in [3.8, 4) is 11.3 Å². The van der Waals surface area contributed by atoms with Gasteiger partial charge in [0, 0.05) is 5.56 Å². The van der Waals surface area contributed by atoms with Crippen molar-refractivity contribution in [1.82, 2.24) is 9.97 Å². The molecule has 0 spiro atoms. The number of carbonyl (C=O) groups excluding carboxylic acids is 1. The van der Waals surface area contributed by atoms with Crippen LogP contribution in [-0.2, 0) is 24.1 Å². The minimum absolute atomic E-state index is 0.0970. The Morgan fingerprint density at radius 3 is 2.12 bits per heavy atom. The second-order valence-corrected chi connectivity index (χ2v) is 7.39. The lowest BCUT2D eigenvalue weighted by Gasteiger charge is -2.12. The van der Waals surface area contributed by atoms with Crippen LogP contribution in [0.5, 0.6) is 0 Å². The number of nitrogens with zero attached hydrogens (tertiary/aromatic N) is 2. The van der Waals surface area contributed by atoms with E-state index in [4.69, 9.17) is 4.98 Å².